The van der Waals surface area contributed by atoms with Crippen molar-refractivity contribution in [2.45, 2.75) is 26.3 Å². The average molecular weight is 206 g/mol. The van der Waals surface area contributed by atoms with Crippen LogP contribution in [0.25, 0.3) is 11.2 Å². The zero-order valence-corrected chi connectivity index (χ0v) is 9.35. The molecule has 0 aliphatic rings. The normalized spacial score (nSPS) is 12.3. The molecule has 0 amide bonds. The molecule has 5 heteroatoms. The van der Waals surface area contributed by atoms with Crippen LogP contribution in [0.3, 0.4) is 0 Å². The highest BCUT2D eigenvalue weighted by Crippen LogP contribution is 2.17. The molecule has 0 aliphatic carbocycles. The number of aryl methyl sites for hydroxylation is 1. The third kappa shape index (κ3) is 1.44. The van der Waals surface area contributed by atoms with Gasteiger partial charge in [-0.15, -0.1) is 0 Å². The van der Waals surface area contributed by atoms with Crippen LogP contribution in [0.5, 0.6) is 0 Å². The molecule has 0 unspecified atom stereocenters. The fraction of sp³-hybridized carbons (Fsp3) is 0.500. The summed E-state index contributed by atoms with van der Waals surface area (Å²) in [5.74, 6) is 0. The van der Waals surface area contributed by atoms with Crippen molar-refractivity contribution in [1.29, 1.82) is 0 Å². The smallest absolute Gasteiger partial charge is 0.281 e. The van der Waals surface area contributed by atoms with Crippen molar-refractivity contribution < 1.29 is 0 Å². The van der Waals surface area contributed by atoms with Gasteiger partial charge in [0, 0.05) is 12.6 Å². The molecule has 0 spiro atoms. The van der Waals surface area contributed by atoms with Crippen LogP contribution in [-0.2, 0) is 12.6 Å². The molecule has 0 atom stereocenters. The second kappa shape index (κ2) is 2.92. The van der Waals surface area contributed by atoms with Gasteiger partial charge in [0.15, 0.2) is 11.2 Å². The van der Waals surface area contributed by atoms with Crippen LogP contribution in [0.4, 0.5) is 0 Å². The van der Waals surface area contributed by atoms with Crippen molar-refractivity contribution in [3.63, 3.8) is 0 Å². The highest BCUT2D eigenvalue weighted by Gasteiger charge is 2.18. The Bertz CT molecular complexity index is 559. The van der Waals surface area contributed by atoms with E-state index < -0.39 is 0 Å². The summed E-state index contributed by atoms with van der Waals surface area (Å²) in [5.41, 5.74) is 0.845. The number of fused-ring (bicyclic) bond motifs is 1. The van der Waals surface area contributed by atoms with E-state index in [1.54, 1.807) is 13.4 Å². The van der Waals surface area contributed by atoms with Gasteiger partial charge in [0.25, 0.3) is 5.56 Å². The predicted molar refractivity (Wildman–Crippen MR) is 57.8 cm³/mol. The highest BCUT2D eigenvalue weighted by molar-refractivity contribution is 5.69. The lowest BCUT2D eigenvalue weighted by Crippen LogP contribution is -2.23. The number of imidazole rings is 1. The molecular weight excluding hydrogens is 192 g/mol. The molecule has 2 rings (SSSR count). The maximum absolute atomic E-state index is 11.7. The van der Waals surface area contributed by atoms with Crippen molar-refractivity contribution in [1.82, 2.24) is 19.1 Å². The number of nitrogens with zero attached hydrogens (tertiary/aromatic N) is 4. The predicted octanol–water partition coefficient (Wildman–Crippen LogP) is 0.885. The fourth-order valence-electron chi connectivity index (χ4n) is 1.47. The molecule has 0 radical (unpaired) electrons. The van der Waals surface area contributed by atoms with Gasteiger partial charge < -0.3 is 9.13 Å². The molecular formula is C10H14N4O. The van der Waals surface area contributed by atoms with E-state index in [0.29, 0.717) is 11.2 Å². The highest BCUT2D eigenvalue weighted by atomic mass is 16.1. The molecule has 2 aromatic rings. The summed E-state index contributed by atoms with van der Waals surface area (Å²) in [6, 6.07) is 0. The van der Waals surface area contributed by atoms with Crippen LogP contribution in [0, 0.1) is 0 Å². The minimum atomic E-state index is -0.117. The molecule has 80 valence electrons. The first-order chi connectivity index (χ1) is 6.91. The minimum Gasteiger partial charge on any atom is -0.310 e. The summed E-state index contributed by atoms with van der Waals surface area (Å²) >= 11 is 0. The van der Waals surface area contributed by atoms with E-state index in [0.717, 1.165) is 0 Å². The van der Waals surface area contributed by atoms with Crippen LogP contribution < -0.4 is 5.56 Å². The molecule has 0 aliphatic heterocycles. The molecule has 0 aromatic carbocycles. The van der Waals surface area contributed by atoms with E-state index in [9.17, 15) is 4.79 Å². The summed E-state index contributed by atoms with van der Waals surface area (Å²) in [6.07, 6.45) is 3.19. The molecule has 5 nitrogen and oxygen atoms in total. The zero-order valence-electron chi connectivity index (χ0n) is 9.35. The summed E-state index contributed by atoms with van der Waals surface area (Å²) in [5, 5.41) is 0. The third-order valence-electron chi connectivity index (χ3n) is 2.34. The molecule has 2 heterocycles. The van der Waals surface area contributed by atoms with Crippen molar-refractivity contribution in [2.75, 3.05) is 0 Å². The lowest BCUT2D eigenvalue weighted by molar-refractivity contribution is 0.406. The Morgan fingerprint density at radius 1 is 1.20 bits per heavy atom. The Kier molecular flexibility index (Phi) is 1.92. The summed E-state index contributed by atoms with van der Waals surface area (Å²) in [7, 11) is 1.67. The first-order valence-corrected chi connectivity index (χ1v) is 4.80. The molecule has 15 heavy (non-hydrogen) atoms. The minimum absolute atomic E-state index is 0.108. The Morgan fingerprint density at radius 3 is 2.47 bits per heavy atom. The van der Waals surface area contributed by atoms with Crippen molar-refractivity contribution in [2.24, 2.45) is 7.05 Å². The van der Waals surface area contributed by atoms with Gasteiger partial charge in [-0.1, -0.05) is 0 Å². The average Bonchev–Trinajstić information content (AvgIpc) is 2.54. The van der Waals surface area contributed by atoms with Crippen LogP contribution in [-0.4, -0.2) is 19.1 Å². The SMILES string of the molecule is Cn1cnc2c(ncn2C(C)(C)C)c1=O. The first kappa shape index (κ1) is 9.89. The summed E-state index contributed by atoms with van der Waals surface area (Å²) in [4.78, 5) is 20.1. The Labute approximate surface area is 87.4 Å². The van der Waals surface area contributed by atoms with Gasteiger partial charge in [0.1, 0.15) is 0 Å². The maximum atomic E-state index is 11.7. The number of rotatable bonds is 0. The van der Waals surface area contributed by atoms with E-state index >= 15 is 0 Å². The molecule has 0 fully saturated rings. The van der Waals surface area contributed by atoms with Crippen LogP contribution in [0.2, 0.25) is 0 Å². The summed E-state index contributed by atoms with van der Waals surface area (Å²) < 4.78 is 3.34. The largest absolute Gasteiger partial charge is 0.310 e. The van der Waals surface area contributed by atoms with Crippen LogP contribution in [0.15, 0.2) is 17.4 Å². The van der Waals surface area contributed by atoms with Crippen molar-refractivity contribution in [3.8, 4) is 0 Å². The lowest BCUT2D eigenvalue weighted by Gasteiger charge is -2.20. The van der Waals surface area contributed by atoms with Gasteiger partial charge in [-0.25, -0.2) is 9.97 Å². The molecule has 0 N–H and O–H groups in total. The second-order valence-electron chi connectivity index (χ2n) is 4.62. The van der Waals surface area contributed by atoms with E-state index in [4.69, 9.17) is 0 Å². The first-order valence-electron chi connectivity index (χ1n) is 4.80. The Balaban J connectivity index is 2.84. The van der Waals surface area contributed by atoms with Gasteiger partial charge in [-0.3, -0.25) is 4.79 Å². The standard InChI is InChI=1S/C10H14N4O/c1-10(2,3)14-6-11-7-8(14)12-5-13(4)9(7)15/h5-6H,1-4H3. The third-order valence-corrected chi connectivity index (χ3v) is 2.34. The quantitative estimate of drug-likeness (QED) is 0.643. The molecule has 2 aromatic heterocycles. The summed E-state index contributed by atoms with van der Waals surface area (Å²) in [6.45, 7) is 6.15. The fourth-order valence-corrected chi connectivity index (χ4v) is 1.47. The molecule has 0 saturated carbocycles. The van der Waals surface area contributed by atoms with Crippen LogP contribution >= 0.6 is 0 Å². The van der Waals surface area contributed by atoms with Gasteiger partial charge >= 0.3 is 0 Å². The van der Waals surface area contributed by atoms with Gasteiger partial charge in [-0.05, 0) is 20.8 Å². The van der Waals surface area contributed by atoms with Crippen molar-refractivity contribution >= 4 is 11.2 Å². The second-order valence-corrected chi connectivity index (χ2v) is 4.62. The van der Waals surface area contributed by atoms with E-state index in [1.807, 2.05) is 25.3 Å². The topological polar surface area (TPSA) is 52.7 Å². The van der Waals surface area contributed by atoms with Crippen molar-refractivity contribution in [3.05, 3.63) is 23.0 Å². The van der Waals surface area contributed by atoms with Gasteiger partial charge in [0.2, 0.25) is 0 Å². The Morgan fingerprint density at radius 2 is 1.87 bits per heavy atom. The number of aromatic nitrogens is 4. The van der Waals surface area contributed by atoms with Crippen LogP contribution in [0.1, 0.15) is 20.8 Å². The van der Waals surface area contributed by atoms with E-state index in [-0.39, 0.29) is 11.1 Å². The lowest BCUT2D eigenvalue weighted by atomic mass is 10.1. The Hall–Kier alpha value is -1.65. The zero-order chi connectivity index (χ0) is 11.2. The maximum Gasteiger partial charge on any atom is 0.281 e. The van der Waals surface area contributed by atoms with Gasteiger partial charge in [-0.2, -0.15) is 0 Å². The number of hydrogen-bond donors (Lipinski definition) is 0. The van der Waals surface area contributed by atoms with Gasteiger partial charge in [0.05, 0.1) is 12.7 Å². The molecule has 0 saturated heterocycles. The number of hydrogen-bond acceptors (Lipinski definition) is 3. The molecule has 0 bridgehead atoms. The van der Waals surface area contributed by atoms with E-state index in [1.165, 1.54) is 10.9 Å². The monoisotopic (exact) mass is 206 g/mol. The van der Waals surface area contributed by atoms with E-state index in [2.05, 4.69) is 9.97 Å².